The zero-order valence-corrected chi connectivity index (χ0v) is 15.1. The third-order valence-electron chi connectivity index (χ3n) is 4.24. The molecule has 6 heteroatoms. The lowest BCUT2D eigenvalue weighted by molar-refractivity contribution is -0.121. The topological polar surface area (TPSA) is 69.0 Å². The fourth-order valence-corrected chi connectivity index (χ4v) is 2.69. The van der Waals surface area contributed by atoms with Crippen molar-refractivity contribution in [2.24, 2.45) is 0 Å². The van der Waals surface area contributed by atoms with Crippen molar-refractivity contribution >= 4 is 5.91 Å². The quantitative estimate of drug-likeness (QED) is 0.742. The highest BCUT2D eigenvalue weighted by Gasteiger charge is 2.14. The monoisotopic (exact) mass is 350 g/mol. The molecule has 1 amide bonds. The number of pyridine rings is 1. The molecule has 3 aromatic rings. The Kier molecular flexibility index (Phi) is 5.31. The molecule has 0 spiro atoms. The van der Waals surface area contributed by atoms with E-state index in [4.69, 9.17) is 4.74 Å². The number of methoxy groups -OCH3 is 1. The first-order chi connectivity index (χ1) is 12.6. The molecule has 0 aliphatic rings. The number of nitrogens with zero attached hydrogens (tertiary/aromatic N) is 3. The largest absolute Gasteiger partial charge is 0.497 e. The highest BCUT2D eigenvalue weighted by Crippen LogP contribution is 2.18. The second-order valence-electron chi connectivity index (χ2n) is 6.15. The average molecular weight is 350 g/mol. The molecule has 0 saturated heterocycles. The van der Waals surface area contributed by atoms with Gasteiger partial charge in [0.05, 0.1) is 37.2 Å². The van der Waals surface area contributed by atoms with Gasteiger partial charge in [0.1, 0.15) is 5.75 Å². The van der Waals surface area contributed by atoms with E-state index in [1.807, 2.05) is 56.4 Å². The number of amides is 1. The predicted molar refractivity (Wildman–Crippen MR) is 99.4 cm³/mol. The highest BCUT2D eigenvalue weighted by atomic mass is 16.5. The third-order valence-corrected chi connectivity index (χ3v) is 4.24. The zero-order chi connectivity index (χ0) is 18.5. The first kappa shape index (κ1) is 17.7. The summed E-state index contributed by atoms with van der Waals surface area (Å²) in [6.45, 7) is 3.90. The molecule has 134 valence electrons. The standard InChI is InChI=1S/C20H22N4O2/c1-14-6-5-9-21-19(14)11-20(25)23-15(2)16-12-22-24(13-16)17-7-4-8-18(10-17)26-3/h4-10,12-13,15H,11H2,1-3H3,(H,23,25)/t15-/m1/s1. The Morgan fingerprint density at radius 1 is 1.31 bits per heavy atom. The average Bonchev–Trinajstić information content (AvgIpc) is 3.14. The second kappa shape index (κ2) is 7.82. The molecule has 0 fully saturated rings. The summed E-state index contributed by atoms with van der Waals surface area (Å²) in [6.07, 6.45) is 5.64. The molecule has 26 heavy (non-hydrogen) atoms. The Bertz CT molecular complexity index is 904. The van der Waals surface area contributed by atoms with E-state index in [0.29, 0.717) is 0 Å². The van der Waals surface area contributed by atoms with Gasteiger partial charge in [-0.1, -0.05) is 12.1 Å². The Morgan fingerprint density at radius 3 is 2.92 bits per heavy atom. The normalized spacial score (nSPS) is 11.8. The van der Waals surface area contributed by atoms with Gasteiger partial charge in [-0.3, -0.25) is 9.78 Å². The number of nitrogens with one attached hydrogen (secondary N) is 1. The lowest BCUT2D eigenvalue weighted by Gasteiger charge is -2.12. The van der Waals surface area contributed by atoms with Crippen LogP contribution in [0.5, 0.6) is 5.75 Å². The van der Waals surface area contributed by atoms with Gasteiger partial charge in [-0.05, 0) is 37.6 Å². The molecule has 1 N–H and O–H groups in total. The Hall–Kier alpha value is -3.15. The number of hydrogen-bond acceptors (Lipinski definition) is 4. The fraction of sp³-hybridized carbons (Fsp3) is 0.250. The smallest absolute Gasteiger partial charge is 0.226 e. The maximum absolute atomic E-state index is 12.3. The third kappa shape index (κ3) is 4.08. The Morgan fingerprint density at radius 2 is 2.15 bits per heavy atom. The molecule has 0 saturated carbocycles. The van der Waals surface area contributed by atoms with Crippen LogP contribution in [0.1, 0.15) is 29.8 Å². The predicted octanol–water partition coefficient (Wildman–Crippen LogP) is 3.00. The van der Waals surface area contributed by atoms with E-state index in [1.165, 1.54) is 0 Å². The number of carbonyl (C=O) groups is 1. The van der Waals surface area contributed by atoms with Crippen LogP contribution in [0.2, 0.25) is 0 Å². The van der Waals surface area contributed by atoms with E-state index in [0.717, 1.165) is 28.3 Å². The van der Waals surface area contributed by atoms with Crippen molar-refractivity contribution in [3.05, 3.63) is 71.8 Å². The van der Waals surface area contributed by atoms with Crippen LogP contribution in [-0.2, 0) is 11.2 Å². The summed E-state index contributed by atoms with van der Waals surface area (Å²) in [5.74, 6) is 0.708. The molecule has 0 bridgehead atoms. The van der Waals surface area contributed by atoms with E-state index >= 15 is 0 Å². The molecule has 3 rings (SSSR count). The molecule has 2 aromatic heterocycles. The summed E-state index contributed by atoms with van der Waals surface area (Å²) >= 11 is 0. The summed E-state index contributed by atoms with van der Waals surface area (Å²) in [7, 11) is 1.63. The van der Waals surface area contributed by atoms with Crippen molar-refractivity contribution in [3.63, 3.8) is 0 Å². The fourth-order valence-electron chi connectivity index (χ4n) is 2.69. The number of aromatic nitrogens is 3. The van der Waals surface area contributed by atoms with Crippen molar-refractivity contribution in [1.82, 2.24) is 20.1 Å². The number of benzene rings is 1. The summed E-state index contributed by atoms with van der Waals surface area (Å²) < 4.78 is 7.01. The molecular formula is C20H22N4O2. The Labute approximate surface area is 152 Å². The minimum atomic E-state index is -0.147. The van der Waals surface area contributed by atoms with Gasteiger partial charge >= 0.3 is 0 Å². The van der Waals surface area contributed by atoms with Crippen LogP contribution in [0.3, 0.4) is 0 Å². The van der Waals surface area contributed by atoms with Crippen LogP contribution in [0.4, 0.5) is 0 Å². The van der Waals surface area contributed by atoms with Crippen LogP contribution in [-0.4, -0.2) is 27.8 Å². The SMILES string of the molecule is COc1cccc(-n2cc([C@@H](C)NC(=O)Cc3ncccc3C)cn2)c1. The number of ether oxygens (including phenoxy) is 1. The molecule has 0 radical (unpaired) electrons. The van der Waals surface area contributed by atoms with Crippen LogP contribution < -0.4 is 10.1 Å². The molecule has 0 unspecified atom stereocenters. The number of rotatable bonds is 6. The van der Waals surface area contributed by atoms with E-state index in [2.05, 4.69) is 15.4 Å². The zero-order valence-electron chi connectivity index (χ0n) is 15.1. The van der Waals surface area contributed by atoms with Crippen molar-refractivity contribution in [2.75, 3.05) is 7.11 Å². The van der Waals surface area contributed by atoms with Crippen molar-refractivity contribution < 1.29 is 9.53 Å². The van der Waals surface area contributed by atoms with Gasteiger partial charge < -0.3 is 10.1 Å². The molecule has 0 aliphatic heterocycles. The molecule has 1 aromatic carbocycles. The van der Waals surface area contributed by atoms with Gasteiger partial charge in [-0.15, -0.1) is 0 Å². The summed E-state index contributed by atoms with van der Waals surface area (Å²) in [5, 5.41) is 7.39. The first-order valence-corrected chi connectivity index (χ1v) is 8.45. The summed E-state index contributed by atoms with van der Waals surface area (Å²) in [4.78, 5) is 16.6. The van der Waals surface area contributed by atoms with Gasteiger partial charge in [0.15, 0.2) is 0 Å². The van der Waals surface area contributed by atoms with Gasteiger partial charge in [-0.2, -0.15) is 5.10 Å². The van der Waals surface area contributed by atoms with Gasteiger partial charge in [0, 0.05) is 24.0 Å². The second-order valence-corrected chi connectivity index (χ2v) is 6.15. The molecular weight excluding hydrogens is 328 g/mol. The van der Waals surface area contributed by atoms with E-state index < -0.39 is 0 Å². The van der Waals surface area contributed by atoms with E-state index in [-0.39, 0.29) is 18.4 Å². The molecule has 6 nitrogen and oxygen atoms in total. The molecule has 0 aliphatic carbocycles. The van der Waals surface area contributed by atoms with Crippen LogP contribution >= 0.6 is 0 Å². The minimum Gasteiger partial charge on any atom is -0.497 e. The van der Waals surface area contributed by atoms with Gasteiger partial charge in [0.2, 0.25) is 5.91 Å². The van der Waals surface area contributed by atoms with Crippen molar-refractivity contribution in [2.45, 2.75) is 26.3 Å². The van der Waals surface area contributed by atoms with Crippen LogP contribution in [0.15, 0.2) is 55.0 Å². The first-order valence-electron chi connectivity index (χ1n) is 8.45. The molecule has 2 heterocycles. The van der Waals surface area contributed by atoms with Gasteiger partial charge in [-0.25, -0.2) is 4.68 Å². The van der Waals surface area contributed by atoms with E-state index in [9.17, 15) is 4.79 Å². The van der Waals surface area contributed by atoms with Crippen LogP contribution in [0.25, 0.3) is 5.69 Å². The number of carbonyl (C=O) groups excluding carboxylic acids is 1. The lowest BCUT2D eigenvalue weighted by atomic mass is 10.1. The molecule has 1 atom stereocenters. The highest BCUT2D eigenvalue weighted by molar-refractivity contribution is 5.78. The van der Waals surface area contributed by atoms with Gasteiger partial charge in [0.25, 0.3) is 0 Å². The lowest BCUT2D eigenvalue weighted by Crippen LogP contribution is -2.28. The van der Waals surface area contributed by atoms with E-state index in [1.54, 1.807) is 24.2 Å². The maximum Gasteiger partial charge on any atom is 0.226 e. The Balaban J connectivity index is 1.67. The number of aryl methyl sites for hydroxylation is 1. The maximum atomic E-state index is 12.3. The van der Waals surface area contributed by atoms with Crippen molar-refractivity contribution in [3.8, 4) is 11.4 Å². The van der Waals surface area contributed by atoms with Crippen LogP contribution in [0, 0.1) is 6.92 Å². The number of hydrogen-bond donors (Lipinski definition) is 1. The summed E-state index contributed by atoms with van der Waals surface area (Å²) in [5.41, 5.74) is 3.64. The van der Waals surface area contributed by atoms with Crippen molar-refractivity contribution in [1.29, 1.82) is 0 Å². The minimum absolute atomic E-state index is 0.0616. The summed E-state index contributed by atoms with van der Waals surface area (Å²) in [6, 6.07) is 11.3.